The van der Waals surface area contributed by atoms with Gasteiger partial charge in [-0.1, -0.05) is 23.2 Å². The van der Waals surface area contributed by atoms with Crippen LogP contribution in [0.5, 0.6) is 5.75 Å². The Morgan fingerprint density at radius 2 is 1.87 bits per heavy atom. The van der Waals surface area contributed by atoms with Crippen molar-refractivity contribution in [1.82, 2.24) is 0 Å². The molecule has 0 fully saturated rings. The molecule has 0 spiro atoms. The van der Waals surface area contributed by atoms with E-state index < -0.39 is 17.8 Å². The van der Waals surface area contributed by atoms with Crippen LogP contribution < -0.4 is 10.1 Å². The lowest BCUT2D eigenvalue weighted by Crippen LogP contribution is -2.21. The minimum absolute atomic E-state index is 0.107. The summed E-state index contributed by atoms with van der Waals surface area (Å²) in [5, 5.41) is 3.47. The van der Waals surface area contributed by atoms with E-state index >= 15 is 0 Å². The lowest BCUT2D eigenvalue weighted by Gasteiger charge is -2.09. The molecule has 0 aliphatic carbocycles. The number of nitrogens with one attached hydrogen (secondary N) is 1. The number of carbonyl (C=O) groups excluding carboxylic acids is 3. The number of hydrogen-bond donors (Lipinski definition) is 1. The van der Waals surface area contributed by atoms with Crippen LogP contribution in [0.1, 0.15) is 46.4 Å². The largest absolute Gasteiger partial charge is 0.482 e. The summed E-state index contributed by atoms with van der Waals surface area (Å²) in [6.07, 6.45) is -0.333. The molecule has 30 heavy (non-hydrogen) atoms. The van der Waals surface area contributed by atoms with Crippen LogP contribution in [0.2, 0.25) is 10.0 Å². The Hall–Kier alpha value is -2.29. The molecule has 0 radical (unpaired) electrons. The number of thiophene rings is 1. The fraction of sp³-hybridized carbons (Fsp3) is 0.350. The molecular formula is C20H21Cl2NO6S. The van der Waals surface area contributed by atoms with Crippen LogP contribution >= 0.6 is 34.5 Å². The summed E-state index contributed by atoms with van der Waals surface area (Å²) in [5.74, 6) is -1.49. The highest BCUT2D eigenvalue weighted by Gasteiger charge is 2.27. The third-order valence-electron chi connectivity index (χ3n) is 3.66. The molecule has 2 aromatic rings. The Morgan fingerprint density at radius 3 is 2.47 bits per heavy atom. The second-order valence-corrected chi connectivity index (χ2v) is 8.21. The number of anilines is 1. The Balaban J connectivity index is 2.22. The molecule has 0 aliphatic heterocycles. The number of benzene rings is 1. The van der Waals surface area contributed by atoms with Crippen molar-refractivity contribution in [2.24, 2.45) is 0 Å². The number of rotatable bonds is 8. The maximum absolute atomic E-state index is 12.4. The Kier molecular flexibility index (Phi) is 8.52. The van der Waals surface area contributed by atoms with Gasteiger partial charge in [0.15, 0.2) is 6.61 Å². The van der Waals surface area contributed by atoms with E-state index in [0.29, 0.717) is 10.6 Å². The number of ether oxygens (including phenoxy) is 3. The normalized spacial score (nSPS) is 10.6. The van der Waals surface area contributed by atoms with Crippen molar-refractivity contribution in [2.45, 2.75) is 33.8 Å². The molecule has 1 amide bonds. The van der Waals surface area contributed by atoms with E-state index in [-0.39, 0.29) is 45.5 Å². The molecule has 0 bridgehead atoms. The molecule has 1 N–H and O–H groups in total. The molecule has 162 valence electrons. The molecular weight excluding hydrogens is 453 g/mol. The van der Waals surface area contributed by atoms with Gasteiger partial charge in [-0.2, -0.15) is 0 Å². The Bertz CT molecular complexity index is 957. The molecule has 0 atom stereocenters. The molecule has 7 nitrogen and oxygen atoms in total. The van der Waals surface area contributed by atoms with Crippen molar-refractivity contribution in [2.75, 3.05) is 18.5 Å². The van der Waals surface area contributed by atoms with Crippen LogP contribution in [0.3, 0.4) is 0 Å². The Labute approximate surface area is 188 Å². The zero-order valence-electron chi connectivity index (χ0n) is 16.8. The predicted octanol–water partition coefficient (Wildman–Crippen LogP) is 5.12. The first-order valence-corrected chi connectivity index (χ1v) is 10.6. The van der Waals surface area contributed by atoms with Gasteiger partial charge in [0.2, 0.25) is 0 Å². The van der Waals surface area contributed by atoms with Gasteiger partial charge in [0.25, 0.3) is 5.91 Å². The van der Waals surface area contributed by atoms with Crippen LogP contribution in [0, 0.1) is 6.92 Å². The van der Waals surface area contributed by atoms with E-state index in [9.17, 15) is 14.4 Å². The SMILES string of the molecule is CCOC(=O)c1c(NC(=O)COc2ccc(Cl)cc2Cl)sc(C(=O)OC(C)C)c1C. The summed E-state index contributed by atoms with van der Waals surface area (Å²) >= 11 is 12.8. The third-order valence-corrected chi connectivity index (χ3v) is 5.38. The van der Waals surface area contributed by atoms with Crippen molar-refractivity contribution in [3.8, 4) is 5.75 Å². The number of amides is 1. The summed E-state index contributed by atoms with van der Waals surface area (Å²) in [5.41, 5.74) is 0.483. The van der Waals surface area contributed by atoms with Gasteiger partial charge in [0.05, 0.1) is 23.3 Å². The van der Waals surface area contributed by atoms with E-state index in [1.54, 1.807) is 33.8 Å². The van der Waals surface area contributed by atoms with E-state index in [1.807, 2.05) is 0 Å². The summed E-state index contributed by atoms with van der Waals surface area (Å²) < 4.78 is 15.7. The molecule has 1 aromatic heterocycles. The van der Waals surface area contributed by atoms with Gasteiger partial charge in [-0.15, -0.1) is 11.3 Å². The molecule has 2 rings (SSSR count). The van der Waals surface area contributed by atoms with Gasteiger partial charge in [-0.25, -0.2) is 9.59 Å². The highest BCUT2D eigenvalue weighted by molar-refractivity contribution is 7.18. The maximum atomic E-state index is 12.4. The van der Waals surface area contributed by atoms with Crippen molar-refractivity contribution in [3.63, 3.8) is 0 Å². The molecule has 1 aromatic carbocycles. The summed E-state index contributed by atoms with van der Waals surface area (Å²) in [6.45, 7) is 6.47. The fourth-order valence-electron chi connectivity index (χ4n) is 2.41. The number of carbonyl (C=O) groups is 3. The number of esters is 2. The third kappa shape index (κ3) is 6.10. The van der Waals surface area contributed by atoms with E-state index in [1.165, 1.54) is 12.1 Å². The zero-order valence-corrected chi connectivity index (χ0v) is 19.2. The van der Waals surface area contributed by atoms with Crippen molar-refractivity contribution in [1.29, 1.82) is 0 Å². The van der Waals surface area contributed by atoms with E-state index in [0.717, 1.165) is 11.3 Å². The fourth-order valence-corrected chi connectivity index (χ4v) is 3.97. The summed E-state index contributed by atoms with van der Waals surface area (Å²) in [4.78, 5) is 37.4. The van der Waals surface area contributed by atoms with Crippen LogP contribution in [-0.2, 0) is 14.3 Å². The predicted molar refractivity (Wildman–Crippen MR) is 116 cm³/mol. The van der Waals surface area contributed by atoms with Crippen molar-refractivity contribution < 1.29 is 28.6 Å². The molecule has 10 heteroatoms. The minimum Gasteiger partial charge on any atom is -0.482 e. The average molecular weight is 474 g/mol. The highest BCUT2D eigenvalue weighted by Crippen LogP contribution is 2.34. The second kappa shape index (κ2) is 10.7. The molecule has 0 aliphatic rings. The van der Waals surface area contributed by atoms with E-state index in [2.05, 4.69) is 5.32 Å². The molecule has 0 unspecified atom stereocenters. The molecule has 0 saturated heterocycles. The Morgan fingerprint density at radius 1 is 1.17 bits per heavy atom. The van der Waals surface area contributed by atoms with Gasteiger partial charge in [0.1, 0.15) is 15.6 Å². The summed E-state index contributed by atoms with van der Waals surface area (Å²) in [6, 6.07) is 4.61. The van der Waals surface area contributed by atoms with Crippen LogP contribution in [-0.4, -0.2) is 37.2 Å². The summed E-state index contributed by atoms with van der Waals surface area (Å²) in [7, 11) is 0. The van der Waals surface area contributed by atoms with Crippen LogP contribution in [0.15, 0.2) is 18.2 Å². The van der Waals surface area contributed by atoms with Crippen molar-refractivity contribution in [3.05, 3.63) is 44.2 Å². The quantitative estimate of drug-likeness (QED) is 0.534. The lowest BCUT2D eigenvalue weighted by atomic mass is 10.1. The second-order valence-electron chi connectivity index (χ2n) is 6.35. The van der Waals surface area contributed by atoms with Gasteiger partial charge in [0, 0.05) is 5.02 Å². The van der Waals surface area contributed by atoms with Gasteiger partial charge < -0.3 is 19.5 Å². The van der Waals surface area contributed by atoms with Crippen molar-refractivity contribution >= 4 is 57.4 Å². The van der Waals surface area contributed by atoms with Gasteiger partial charge in [-0.3, -0.25) is 4.79 Å². The molecule has 0 saturated carbocycles. The first-order chi connectivity index (χ1) is 14.1. The molecule has 1 heterocycles. The lowest BCUT2D eigenvalue weighted by molar-refractivity contribution is -0.118. The minimum atomic E-state index is -0.646. The van der Waals surface area contributed by atoms with Gasteiger partial charge >= 0.3 is 11.9 Å². The maximum Gasteiger partial charge on any atom is 0.348 e. The van der Waals surface area contributed by atoms with E-state index in [4.69, 9.17) is 37.4 Å². The number of hydrogen-bond acceptors (Lipinski definition) is 7. The topological polar surface area (TPSA) is 90.9 Å². The first kappa shape index (κ1) is 24.0. The number of halogens is 2. The average Bonchev–Trinajstić information content (AvgIpc) is 2.96. The van der Waals surface area contributed by atoms with Crippen LogP contribution in [0.25, 0.3) is 0 Å². The standard InChI is InChI=1S/C20H21Cl2NO6S/c1-5-27-19(25)16-11(4)17(20(26)29-10(2)3)30-18(16)23-15(24)9-28-14-7-6-12(21)8-13(14)22/h6-8,10H,5,9H2,1-4H3,(H,23,24). The smallest absolute Gasteiger partial charge is 0.348 e. The zero-order chi connectivity index (χ0) is 22.4. The van der Waals surface area contributed by atoms with Gasteiger partial charge in [-0.05, 0) is 51.5 Å². The highest BCUT2D eigenvalue weighted by atomic mass is 35.5. The van der Waals surface area contributed by atoms with Crippen LogP contribution in [0.4, 0.5) is 5.00 Å². The first-order valence-electron chi connectivity index (χ1n) is 9.03. The monoisotopic (exact) mass is 473 g/mol.